The highest BCUT2D eigenvalue weighted by molar-refractivity contribution is 7.09. The van der Waals surface area contributed by atoms with E-state index in [4.69, 9.17) is 4.52 Å². The van der Waals surface area contributed by atoms with Gasteiger partial charge in [-0.05, 0) is 11.5 Å². The first-order chi connectivity index (χ1) is 10.9. The average Bonchev–Trinajstić information content (AvgIpc) is 3.27. The van der Waals surface area contributed by atoms with Gasteiger partial charge in [-0.25, -0.2) is 0 Å². The minimum atomic E-state index is 0.658. The molecule has 0 fully saturated rings. The molecule has 0 aliphatic heterocycles. The van der Waals surface area contributed by atoms with E-state index >= 15 is 0 Å². The van der Waals surface area contributed by atoms with E-state index in [2.05, 4.69) is 20.0 Å². The molecule has 0 amide bonds. The lowest BCUT2D eigenvalue weighted by atomic mass is 10.0. The van der Waals surface area contributed by atoms with Gasteiger partial charge >= 0.3 is 0 Å². The molecule has 0 saturated carbocycles. The van der Waals surface area contributed by atoms with Crippen LogP contribution >= 0.6 is 11.5 Å². The average molecular weight is 306 g/mol. The zero-order chi connectivity index (χ0) is 14.8. The molecule has 2 aromatic heterocycles. The summed E-state index contributed by atoms with van der Waals surface area (Å²) in [7, 11) is 0. The van der Waals surface area contributed by atoms with Gasteiger partial charge in [0.05, 0.1) is 11.1 Å². The predicted octanol–water partition coefficient (Wildman–Crippen LogP) is 3.92. The zero-order valence-electron chi connectivity index (χ0n) is 11.4. The molecule has 0 unspecified atom stereocenters. The predicted molar refractivity (Wildman–Crippen MR) is 84.1 cm³/mol. The fourth-order valence-electron chi connectivity index (χ4n) is 2.34. The lowest BCUT2D eigenvalue weighted by Gasteiger charge is -2.05. The van der Waals surface area contributed by atoms with Crippen LogP contribution in [0.25, 0.3) is 33.0 Å². The van der Waals surface area contributed by atoms with Crippen molar-refractivity contribution >= 4 is 11.5 Å². The highest BCUT2D eigenvalue weighted by atomic mass is 32.1. The maximum atomic E-state index is 5.39. The minimum Gasteiger partial charge on any atom is -0.336 e. The van der Waals surface area contributed by atoms with E-state index in [1.54, 1.807) is 6.20 Å². The summed E-state index contributed by atoms with van der Waals surface area (Å²) in [5.74, 6) is 0.658. The molecule has 6 heteroatoms. The third-order valence-electron chi connectivity index (χ3n) is 3.33. The molecule has 5 nitrogen and oxygen atoms in total. The Bertz CT molecular complexity index is 887. The van der Waals surface area contributed by atoms with Crippen LogP contribution in [0.4, 0.5) is 0 Å². The molecule has 0 bridgehead atoms. The first-order valence-corrected chi connectivity index (χ1v) is 7.46. The van der Waals surface area contributed by atoms with Crippen LogP contribution in [0.2, 0.25) is 0 Å². The lowest BCUT2D eigenvalue weighted by molar-refractivity contribution is 0.403. The molecule has 0 aliphatic rings. The van der Waals surface area contributed by atoms with Crippen LogP contribution in [-0.2, 0) is 0 Å². The molecular formula is C16H10N4OS. The molecule has 0 saturated heterocycles. The number of hydrogen-bond donors (Lipinski definition) is 0. The Balaban J connectivity index is 1.90. The van der Waals surface area contributed by atoms with E-state index in [-0.39, 0.29) is 0 Å². The van der Waals surface area contributed by atoms with Crippen molar-refractivity contribution in [3.05, 3.63) is 60.8 Å². The summed E-state index contributed by atoms with van der Waals surface area (Å²) in [6.45, 7) is 0. The van der Waals surface area contributed by atoms with E-state index in [1.807, 2.05) is 54.6 Å². The highest BCUT2D eigenvalue weighted by Gasteiger charge is 2.18. The Kier molecular flexibility index (Phi) is 3.21. The molecule has 0 spiro atoms. The van der Waals surface area contributed by atoms with Gasteiger partial charge in [-0.3, -0.25) is 0 Å². The van der Waals surface area contributed by atoms with Gasteiger partial charge in [-0.1, -0.05) is 59.1 Å². The summed E-state index contributed by atoms with van der Waals surface area (Å²) in [5, 5.41) is 11.8. The van der Waals surface area contributed by atoms with Crippen LogP contribution < -0.4 is 0 Å². The van der Waals surface area contributed by atoms with Crippen molar-refractivity contribution in [2.75, 3.05) is 0 Å². The number of benzene rings is 2. The van der Waals surface area contributed by atoms with Crippen molar-refractivity contribution in [3.8, 4) is 33.0 Å². The third-order valence-corrected chi connectivity index (χ3v) is 4.03. The first kappa shape index (κ1) is 12.8. The van der Waals surface area contributed by atoms with E-state index in [0.29, 0.717) is 5.76 Å². The van der Waals surface area contributed by atoms with Crippen molar-refractivity contribution in [2.45, 2.75) is 0 Å². The van der Waals surface area contributed by atoms with Crippen molar-refractivity contribution in [3.63, 3.8) is 0 Å². The molecule has 0 atom stereocenters. The van der Waals surface area contributed by atoms with Gasteiger partial charge in [0, 0.05) is 22.0 Å². The Morgan fingerprint density at radius 3 is 2.41 bits per heavy atom. The molecular weight excluding hydrogens is 296 g/mol. The quantitative estimate of drug-likeness (QED) is 0.574. The summed E-state index contributed by atoms with van der Waals surface area (Å²) in [6, 6.07) is 17.8. The van der Waals surface area contributed by atoms with Crippen LogP contribution in [0.5, 0.6) is 0 Å². The van der Waals surface area contributed by atoms with Crippen LogP contribution in [0.1, 0.15) is 0 Å². The number of rotatable bonds is 3. The van der Waals surface area contributed by atoms with Crippen molar-refractivity contribution in [1.82, 2.24) is 20.0 Å². The Labute approximate surface area is 130 Å². The molecule has 0 aliphatic carbocycles. The van der Waals surface area contributed by atoms with E-state index < -0.39 is 0 Å². The van der Waals surface area contributed by atoms with Gasteiger partial charge in [-0.15, -0.1) is 10.2 Å². The summed E-state index contributed by atoms with van der Waals surface area (Å²) in [4.78, 5) is 0.984. The molecule has 106 valence electrons. The second-order valence-electron chi connectivity index (χ2n) is 4.64. The highest BCUT2D eigenvalue weighted by Crippen LogP contribution is 2.37. The number of aromatic nitrogens is 4. The Morgan fingerprint density at radius 2 is 1.64 bits per heavy atom. The smallest absolute Gasteiger partial charge is 0.195 e. The van der Waals surface area contributed by atoms with Gasteiger partial charge < -0.3 is 4.52 Å². The largest absolute Gasteiger partial charge is 0.336 e. The van der Waals surface area contributed by atoms with Gasteiger partial charge in [0.2, 0.25) is 0 Å². The van der Waals surface area contributed by atoms with Gasteiger partial charge in [0.15, 0.2) is 5.76 Å². The van der Waals surface area contributed by atoms with Crippen molar-refractivity contribution < 1.29 is 4.52 Å². The minimum absolute atomic E-state index is 0.658. The molecule has 0 N–H and O–H groups in total. The molecule has 2 aromatic carbocycles. The number of nitrogens with zero attached hydrogens (tertiary/aromatic N) is 4. The molecule has 2 heterocycles. The maximum absolute atomic E-state index is 5.39. The maximum Gasteiger partial charge on any atom is 0.195 e. The fourth-order valence-corrected chi connectivity index (χ4v) is 2.89. The SMILES string of the molecule is c1ccc(-c2onnc2-c2ccccc2-c2cnns2)cc1. The topological polar surface area (TPSA) is 64.7 Å². The van der Waals surface area contributed by atoms with Gasteiger partial charge in [0.1, 0.15) is 5.69 Å². The standard InChI is InChI=1S/C16H10N4OS/c1-2-6-11(7-3-1)16-15(18-19-21-16)13-9-5-4-8-12(13)14-10-17-20-22-14/h1-10H. The van der Waals surface area contributed by atoms with Gasteiger partial charge in [0.25, 0.3) is 0 Å². The number of hydrogen-bond acceptors (Lipinski definition) is 6. The first-order valence-electron chi connectivity index (χ1n) is 6.68. The molecule has 4 aromatic rings. The van der Waals surface area contributed by atoms with Crippen molar-refractivity contribution in [2.24, 2.45) is 0 Å². The molecule has 4 rings (SSSR count). The lowest BCUT2D eigenvalue weighted by Crippen LogP contribution is -1.86. The van der Waals surface area contributed by atoms with E-state index in [9.17, 15) is 0 Å². The normalized spacial score (nSPS) is 10.7. The summed E-state index contributed by atoms with van der Waals surface area (Å²) in [6.07, 6.45) is 1.75. The summed E-state index contributed by atoms with van der Waals surface area (Å²) >= 11 is 1.35. The third kappa shape index (κ3) is 2.19. The van der Waals surface area contributed by atoms with Crippen molar-refractivity contribution in [1.29, 1.82) is 0 Å². The monoisotopic (exact) mass is 306 g/mol. The summed E-state index contributed by atoms with van der Waals surface area (Å²) < 4.78 is 9.32. The van der Waals surface area contributed by atoms with Crippen LogP contribution in [0.3, 0.4) is 0 Å². The Hall–Kier alpha value is -2.86. The van der Waals surface area contributed by atoms with Crippen LogP contribution in [-0.4, -0.2) is 20.0 Å². The van der Waals surface area contributed by atoms with E-state index in [1.165, 1.54) is 11.5 Å². The second-order valence-corrected chi connectivity index (χ2v) is 5.43. The zero-order valence-corrected chi connectivity index (χ0v) is 12.2. The van der Waals surface area contributed by atoms with E-state index in [0.717, 1.165) is 27.3 Å². The molecule has 0 radical (unpaired) electrons. The second kappa shape index (κ2) is 5.50. The Morgan fingerprint density at radius 1 is 0.864 bits per heavy atom. The fraction of sp³-hybridized carbons (Fsp3) is 0. The van der Waals surface area contributed by atoms with Crippen LogP contribution in [0.15, 0.2) is 65.3 Å². The summed E-state index contributed by atoms with van der Waals surface area (Å²) in [5.41, 5.74) is 3.63. The van der Waals surface area contributed by atoms with Crippen LogP contribution in [0, 0.1) is 0 Å². The van der Waals surface area contributed by atoms with Gasteiger partial charge in [-0.2, -0.15) is 0 Å². The molecule has 22 heavy (non-hydrogen) atoms.